The molecule has 1 heterocycles. The first kappa shape index (κ1) is 17.6. The fraction of sp³-hybridized carbons (Fsp3) is 0.150. The molecule has 1 N–H and O–H groups in total. The van der Waals surface area contributed by atoms with Crippen molar-refractivity contribution >= 4 is 5.97 Å². The molecule has 26 heavy (non-hydrogen) atoms. The van der Waals surface area contributed by atoms with Crippen molar-refractivity contribution in [1.29, 1.82) is 0 Å². The van der Waals surface area contributed by atoms with Gasteiger partial charge in [0.2, 0.25) is 6.29 Å². The predicted molar refractivity (Wildman–Crippen MR) is 95.5 cm³/mol. The van der Waals surface area contributed by atoms with Crippen molar-refractivity contribution in [3.63, 3.8) is 0 Å². The summed E-state index contributed by atoms with van der Waals surface area (Å²) in [6, 6.07) is 14.3. The fourth-order valence-corrected chi connectivity index (χ4v) is 2.29. The lowest BCUT2D eigenvalue weighted by atomic mass is 10.1. The molecule has 0 amide bonds. The molecule has 132 valence electrons. The van der Waals surface area contributed by atoms with E-state index in [1.165, 1.54) is 19.3 Å². The Balaban J connectivity index is 1.68. The van der Waals surface area contributed by atoms with Gasteiger partial charge >= 0.3 is 5.97 Å². The first-order chi connectivity index (χ1) is 12.5. The van der Waals surface area contributed by atoms with Crippen LogP contribution < -0.4 is 9.47 Å². The number of ether oxygens (including phenoxy) is 2. The molecule has 0 radical (unpaired) electrons. The molecule has 3 rings (SSSR count). The molecule has 0 fully saturated rings. The molecule has 0 bridgehead atoms. The third kappa shape index (κ3) is 4.43. The van der Waals surface area contributed by atoms with Crippen LogP contribution in [0.1, 0.15) is 24.3 Å². The standard InChI is InChI=1S/C20H18N2O4/c1-13-3-5-16(6-4-13)20(24)26-18-11-21-19(22-12-18)15-7-9-17(10-8-15)25-14(2)23/h3-12,20,24H,1-2H3. The van der Waals surface area contributed by atoms with Crippen LogP contribution in [-0.2, 0) is 4.79 Å². The number of hydrogen-bond acceptors (Lipinski definition) is 6. The highest BCUT2D eigenvalue weighted by Crippen LogP contribution is 2.23. The summed E-state index contributed by atoms with van der Waals surface area (Å²) in [6.45, 7) is 3.32. The Hall–Kier alpha value is -3.25. The molecule has 6 nitrogen and oxygen atoms in total. The average Bonchev–Trinajstić information content (AvgIpc) is 2.63. The van der Waals surface area contributed by atoms with Crippen molar-refractivity contribution in [1.82, 2.24) is 9.97 Å². The minimum Gasteiger partial charge on any atom is -0.458 e. The van der Waals surface area contributed by atoms with Gasteiger partial charge in [0.1, 0.15) is 5.75 Å². The predicted octanol–water partition coefficient (Wildman–Crippen LogP) is 3.45. The minimum atomic E-state index is -1.09. The summed E-state index contributed by atoms with van der Waals surface area (Å²) >= 11 is 0. The molecule has 2 aromatic carbocycles. The number of aliphatic hydroxyl groups excluding tert-OH is 1. The number of hydrogen-bond donors (Lipinski definition) is 1. The molecule has 0 aliphatic rings. The largest absolute Gasteiger partial charge is 0.458 e. The first-order valence-corrected chi connectivity index (χ1v) is 8.03. The van der Waals surface area contributed by atoms with Crippen molar-refractivity contribution in [3.8, 4) is 22.9 Å². The third-order valence-corrected chi connectivity index (χ3v) is 3.61. The second-order valence-corrected chi connectivity index (χ2v) is 5.74. The van der Waals surface area contributed by atoms with E-state index in [9.17, 15) is 9.90 Å². The Labute approximate surface area is 151 Å². The Morgan fingerprint density at radius 3 is 2.15 bits per heavy atom. The zero-order chi connectivity index (χ0) is 18.5. The number of aromatic nitrogens is 2. The zero-order valence-corrected chi connectivity index (χ0v) is 14.4. The van der Waals surface area contributed by atoms with E-state index in [1.54, 1.807) is 36.4 Å². The smallest absolute Gasteiger partial charge is 0.308 e. The summed E-state index contributed by atoms with van der Waals surface area (Å²) in [6.07, 6.45) is 1.91. The number of rotatable bonds is 5. The van der Waals surface area contributed by atoms with Gasteiger partial charge in [0, 0.05) is 18.1 Å². The van der Waals surface area contributed by atoms with Crippen LogP contribution in [-0.4, -0.2) is 21.0 Å². The van der Waals surface area contributed by atoms with Gasteiger partial charge in [-0.1, -0.05) is 29.8 Å². The Morgan fingerprint density at radius 2 is 1.58 bits per heavy atom. The summed E-state index contributed by atoms with van der Waals surface area (Å²) in [4.78, 5) is 19.4. The van der Waals surface area contributed by atoms with Gasteiger partial charge in [-0.15, -0.1) is 0 Å². The van der Waals surface area contributed by atoms with Crippen LogP contribution in [0.2, 0.25) is 0 Å². The first-order valence-electron chi connectivity index (χ1n) is 8.03. The summed E-state index contributed by atoms with van der Waals surface area (Å²) in [5, 5.41) is 10.1. The maximum absolute atomic E-state index is 10.9. The SMILES string of the molecule is CC(=O)Oc1ccc(-c2ncc(OC(O)c3ccc(C)cc3)cn2)cc1. The van der Waals surface area contributed by atoms with Gasteiger partial charge in [-0.2, -0.15) is 0 Å². The van der Waals surface area contributed by atoms with Crippen LogP contribution in [0.15, 0.2) is 60.9 Å². The molecule has 0 aliphatic carbocycles. The van der Waals surface area contributed by atoms with Crippen LogP contribution in [0.5, 0.6) is 11.5 Å². The molecule has 3 aromatic rings. The molecule has 1 aromatic heterocycles. The van der Waals surface area contributed by atoms with Crippen LogP contribution >= 0.6 is 0 Å². The van der Waals surface area contributed by atoms with Gasteiger partial charge in [-0.05, 0) is 31.2 Å². The molecule has 0 aliphatic heterocycles. The fourth-order valence-electron chi connectivity index (χ4n) is 2.29. The maximum Gasteiger partial charge on any atom is 0.308 e. The number of aryl methyl sites for hydroxylation is 1. The van der Waals surface area contributed by atoms with Crippen LogP contribution in [0.3, 0.4) is 0 Å². The monoisotopic (exact) mass is 350 g/mol. The number of benzene rings is 2. The van der Waals surface area contributed by atoms with Crippen LogP contribution in [0.25, 0.3) is 11.4 Å². The Bertz CT molecular complexity index is 875. The molecule has 0 saturated heterocycles. The van der Waals surface area contributed by atoms with E-state index >= 15 is 0 Å². The van der Waals surface area contributed by atoms with E-state index in [-0.39, 0.29) is 5.97 Å². The quantitative estimate of drug-likeness (QED) is 0.431. The number of aliphatic hydroxyl groups is 1. The van der Waals surface area contributed by atoms with Crippen molar-refractivity contribution in [2.75, 3.05) is 0 Å². The molecular formula is C20H18N2O4. The van der Waals surface area contributed by atoms with Gasteiger partial charge < -0.3 is 14.6 Å². The van der Waals surface area contributed by atoms with Crippen molar-refractivity contribution in [2.24, 2.45) is 0 Å². The highest BCUT2D eigenvalue weighted by Gasteiger charge is 2.10. The minimum absolute atomic E-state index is 0.360. The van der Waals surface area contributed by atoms with Crippen molar-refractivity contribution in [3.05, 3.63) is 72.1 Å². The van der Waals surface area contributed by atoms with Gasteiger partial charge in [-0.3, -0.25) is 4.79 Å². The molecule has 1 atom stereocenters. The van der Waals surface area contributed by atoms with E-state index < -0.39 is 6.29 Å². The number of carbonyl (C=O) groups excluding carboxylic acids is 1. The lowest BCUT2D eigenvalue weighted by molar-refractivity contribution is -0.131. The van der Waals surface area contributed by atoms with Gasteiger partial charge in [0.05, 0.1) is 12.4 Å². The van der Waals surface area contributed by atoms with Crippen molar-refractivity contribution in [2.45, 2.75) is 20.1 Å². The lowest BCUT2D eigenvalue weighted by Gasteiger charge is -2.13. The maximum atomic E-state index is 10.9. The molecule has 0 spiro atoms. The Morgan fingerprint density at radius 1 is 0.962 bits per heavy atom. The normalized spacial score (nSPS) is 11.7. The molecule has 0 saturated carbocycles. The van der Waals surface area contributed by atoms with E-state index in [1.807, 2.05) is 19.1 Å². The van der Waals surface area contributed by atoms with Crippen LogP contribution in [0.4, 0.5) is 0 Å². The van der Waals surface area contributed by atoms with Crippen molar-refractivity contribution < 1.29 is 19.4 Å². The van der Waals surface area contributed by atoms with Gasteiger partial charge in [0.25, 0.3) is 0 Å². The summed E-state index contributed by atoms with van der Waals surface area (Å²) < 4.78 is 10.5. The number of carbonyl (C=O) groups is 1. The van der Waals surface area contributed by atoms with E-state index in [4.69, 9.17) is 9.47 Å². The Kier molecular flexibility index (Phi) is 5.24. The van der Waals surface area contributed by atoms with Crippen LogP contribution in [0, 0.1) is 6.92 Å². The third-order valence-electron chi connectivity index (χ3n) is 3.61. The second-order valence-electron chi connectivity index (χ2n) is 5.74. The summed E-state index contributed by atoms with van der Waals surface area (Å²) in [5.41, 5.74) is 2.53. The molecular weight excluding hydrogens is 332 g/mol. The number of nitrogens with zero attached hydrogens (tertiary/aromatic N) is 2. The van der Waals surface area contributed by atoms with E-state index in [0.717, 1.165) is 11.1 Å². The lowest BCUT2D eigenvalue weighted by Crippen LogP contribution is -2.07. The molecule has 1 unspecified atom stereocenters. The van der Waals surface area contributed by atoms with Gasteiger partial charge in [-0.25, -0.2) is 9.97 Å². The zero-order valence-electron chi connectivity index (χ0n) is 14.4. The van der Waals surface area contributed by atoms with E-state index in [2.05, 4.69) is 9.97 Å². The average molecular weight is 350 g/mol. The summed E-state index contributed by atoms with van der Waals surface area (Å²) in [5.74, 6) is 0.944. The molecule has 6 heteroatoms. The second kappa shape index (κ2) is 7.76. The van der Waals surface area contributed by atoms with E-state index in [0.29, 0.717) is 22.9 Å². The number of esters is 1. The topological polar surface area (TPSA) is 81.5 Å². The highest BCUT2D eigenvalue weighted by molar-refractivity contribution is 5.69. The highest BCUT2D eigenvalue weighted by atomic mass is 16.6. The van der Waals surface area contributed by atoms with Gasteiger partial charge in [0.15, 0.2) is 11.6 Å². The summed E-state index contributed by atoms with van der Waals surface area (Å²) in [7, 11) is 0.